The van der Waals surface area contributed by atoms with E-state index < -0.39 is 59.0 Å². The van der Waals surface area contributed by atoms with Crippen LogP contribution in [0, 0.1) is 0 Å². The van der Waals surface area contributed by atoms with Crippen molar-refractivity contribution in [3.05, 3.63) is 173 Å². The van der Waals surface area contributed by atoms with Crippen LogP contribution in [0.2, 0.25) is 0 Å². The molecule has 5 aromatic carbocycles. The number of ether oxygens (including phenoxy) is 2. The summed E-state index contributed by atoms with van der Waals surface area (Å²) in [7, 11) is 2.46. The van der Waals surface area contributed by atoms with Gasteiger partial charge >= 0.3 is 12.2 Å². The molecule has 5 aromatic rings. The molecule has 6 N–H and O–H groups in total. The Labute approximate surface area is 390 Å². The third kappa shape index (κ3) is 10.3. The van der Waals surface area contributed by atoms with Crippen LogP contribution in [0.1, 0.15) is 59.1 Å². The van der Waals surface area contributed by atoms with Crippen LogP contribution in [0.15, 0.2) is 140 Å². The third-order valence-corrected chi connectivity index (χ3v) is 13.0. The molecule has 15 nitrogen and oxygen atoms in total. The number of benzene rings is 5. The van der Waals surface area contributed by atoms with E-state index in [0.29, 0.717) is 49.9 Å². The van der Waals surface area contributed by atoms with E-state index in [0.717, 1.165) is 27.9 Å². The van der Waals surface area contributed by atoms with E-state index in [4.69, 9.17) is 20.9 Å². The summed E-state index contributed by atoms with van der Waals surface area (Å²) in [5.74, 6) is -2.20. The second-order valence-corrected chi connectivity index (χ2v) is 17.0. The summed E-state index contributed by atoms with van der Waals surface area (Å²) in [6, 6.07) is 41.5. The maximum Gasteiger partial charge on any atom is 0.407 e. The van der Waals surface area contributed by atoms with E-state index in [1.54, 1.807) is 0 Å². The molecule has 2 heterocycles. The van der Waals surface area contributed by atoms with Gasteiger partial charge in [0, 0.05) is 44.7 Å². The number of likely N-dealkylation sites (tertiary alicyclic amines) is 2. The molecule has 0 spiro atoms. The van der Waals surface area contributed by atoms with Gasteiger partial charge in [0.2, 0.25) is 23.6 Å². The van der Waals surface area contributed by atoms with Crippen molar-refractivity contribution in [2.45, 2.75) is 74.8 Å². The monoisotopic (exact) mass is 907 g/mol. The zero-order chi connectivity index (χ0) is 47.6. The number of nitrogens with two attached hydrogens (primary N) is 2. The number of nitrogens with zero attached hydrogens (tertiary/aromatic N) is 3. The fraction of sp³-hybridized carbons (Fsp3) is 0.308. The van der Waals surface area contributed by atoms with Crippen LogP contribution in [0.3, 0.4) is 0 Å². The second-order valence-electron chi connectivity index (χ2n) is 17.0. The lowest BCUT2D eigenvalue weighted by molar-refractivity contribution is -0.145. The van der Waals surface area contributed by atoms with Gasteiger partial charge in [0.25, 0.3) is 0 Å². The van der Waals surface area contributed by atoms with Crippen LogP contribution in [0.4, 0.5) is 15.3 Å². The summed E-state index contributed by atoms with van der Waals surface area (Å²) >= 11 is 0. The second kappa shape index (κ2) is 21.1. The van der Waals surface area contributed by atoms with Crippen molar-refractivity contribution in [1.29, 1.82) is 0 Å². The summed E-state index contributed by atoms with van der Waals surface area (Å²) in [5, 5.41) is 5.34. The number of hydrogen-bond acceptors (Lipinski definition) is 9. The molecule has 0 unspecified atom stereocenters. The van der Waals surface area contributed by atoms with Crippen LogP contribution < -0.4 is 27.0 Å². The molecule has 2 aliphatic heterocycles. The Hall–Kier alpha value is -7.68. The topological polar surface area (TPSA) is 207 Å². The molecule has 2 aliphatic rings. The average molecular weight is 908 g/mol. The number of carbonyl (C=O) groups is 6. The van der Waals surface area contributed by atoms with E-state index >= 15 is 0 Å². The predicted octanol–water partition coefficient (Wildman–Crippen LogP) is 5.43. The summed E-state index contributed by atoms with van der Waals surface area (Å²) in [6.07, 6.45) is 0.549. The number of hydrogen-bond donors (Lipinski definition) is 4. The number of anilines is 1. The summed E-state index contributed by atoms with van der Waals surface area (Å²) in [6.45, 7) is 1.47. The zero-order valence-corrected chi connectivity index (χ0v) is 37.8. The van der Waals surface area contributed by atoms with Crippen molar-refractivity contribution in [3.63, 3.8) is 0 Å². The molecule has 6 amide bonds. The first kappa shape index (κ1) is 47.3. The van der Waals surface area contributed by atoms with E-state index in [2.05, 4.69) is 15.5 Å². The van der Waals surface area contributed by atoms with Gasteiger partial charge in [-0.1, -0.05) is 127 Å². The minimum absolute atomic E-state index is 0.188. The van der Waals surface area contributed by atoms with E-state index in [1.807, 2.05) is 140 Å². The highest BCUT2D eigenvalue weighted by atomic mass is 16.5. The Balaban J connectivity index is 1.12. The highest BCUT2D eigenvalue weighted by Crippen LogP contribution is 2.41. The number of rotatable bonds is 17. The Kier molecular flexibility index (Phi) is 14.9. The molecule has 2 fully saturated rings. The average Bonchev–Trinajstić information content (AvgIpc) is 4.02. The van der Waals surface area contributed by atoms with Crippen LogP contribution in [-0.2, 0) is 65.7 Å². The number of primary amides is 2. The molecule has 4 atom stereocenters. The first-order chi connectivity index (χ1) is 32.4. The Morgan fingerprint density at radius 1 is 0.537 bits per heavy atom. The predicted molar refractivity (Wildman–Crippen MR) is 252 cm³/mol. The largest absolute Gasteiger partial charge is 0.453 e. The molecule has 0 aromatic heterocycles. The van der Waals surface area contributed by atoms with Gasteiger partial charge in [-0.15, -0.1) is 0 Å². The van der Waals surface area contributed by atoms with Crippen molar-refractivity contribution >= 4 is 41.5 Å². The lowest BCUT2D eigenvalue weighted by atomic mass is 9.85. The molecule has 15 heteroatoms. The Morgan fingerprint density at radius 3 is 1.24 bits per heavy atom. The van der Waals surface area contributed by atoms with Gasteiger partial charge in [-0.05, 0) is 71.2 Å². The van der Waals surface area contributed by atoms with Crippen LogP contribution >= 0.6 is 0 Å². The van der Waals surface area contributed by atoms with Crippen LogP contribution in [0.25, 0.3) is 0 Å². The van der Waals surface area contributed by atoms with E-state index in [1.165, 1.54) is 24.0 Å². The highest BCUT2D eigenvalue weighted by molar-refractivity contribution is 5.96. The number of amides is 6. The molecule has 0 saturated carbocycles. The number of carbonyl (C=O) groups excluding carboxylic acids is 6. The molecular weight excluding hydrogens is 851 g/mol. The maximum atomic E-state index is 14.3. The fourth-order valence-electron chi connectivity index (χ4n) is 9.60. The van der Waals surface area contributed by atoms with Gasteiger partial charge in [0.1, 0.15) is 23.2 Å². The van der Waals surface area contributed by atoms with Gasteiger partial charge in [-0.2, -0.15) is 0 Å². The number of nitrogens with one attached hydrogen (secondary N) is 2. The van der Waals surface area contributed by atoms with E-state index in [-0.39, 0.29) is 25.9 Å². The highest BCUT2D eigenvalue weighted by Gasteiger charge is 2.52. The molecule has 2 saturated heterocycles. The van der Waals surface area contributed by atoms with E-state index in [9.17, 15) is 28.8 Å². The van der Waals surface area contributed by atoms with Crippen molar-refractivity contribution in [1.82, 2.24) is 20.4 Å². The molecular formula is C52H57N7O8. The Morgan fingerprint density at radius 2 is 0.896 bits per heavy atom. The molecule has 0 bridgehead atoms. The molecule has 7 rings (SSSR count). The third-order valence-electron chi connectivity index (χ3n) is 13.0. The summed E-state index contributed by atoms with van der Waals surface area (Å²) < 4.78 is 9.71. The SMILES string of the molecule is COC(=O)N[C@@H](Cc1ccccc1)C(=O)N1CCC[C@@]1(C(N)=O)c1ccc(CN(Cc2ccc([C@]3(C(N)=O)CCCN3C(=O)[C@H](Cc3ccccc3)NC(=O)OC)cc2)c2ccccc2)cc1. The number of methoxy groups -OCH3 is 2. The van der Waals surface area contributed by atoms with Gasteiger partial charge in [0.15, 0.2) is 0 Å². The quantitative estimate of drug-likeness (QED) is 0.0937. The van der Waals surface area contributed by atoms with Gasteiger partial charge < -0.3 is 46.3 Å². The lowest BCUT2D eigenvalue weighted by Crippen LogP contribution is -2.59. The summed E-state index contributed by atoms with van der Waals surface area (Å²) in [4.78, 5) is 85.9. The maximum absolute atomic E-state index is 14.3. The standard InChI is InChI=1S/C52H57N7O8/c1-66-49(64)55-43(32-36-14-6-3-7-15-36)45(60)58-30-12-28-51(58,47(53)62)40-24-20-38(21-25-40)34-57(42-18-10-5-11-19-42)35-39-22-26-41(27-23-39)52(48(54)63)29-13-31-59(52)46(61)44(56-50(65)67-2)33-37-16-8-4-9-17-37/h3-11,14-27,43-44H,12-13,28-35H2,1-2H3,(H2,53,62)(H2,54,63)(H,55,64)(H,56,65)/t43-,44-,51-,52-/m0/s1. The normalized spacial score (nSPS) is 18.6. The first-order valence-corrected chi connectivity index (χ1v) is 22.4. The van der Waals surface area contributed by atoms with Crippen molar-refractivity contribution in [3.8, 4) is 0 Å². The smallest absolute Gasteiger partial charge is 0.407 e. The minimum Gasteiger partial charge on any atom is -0.453 e. The Bertz CT molecular complexity index is 2370. The van der Waals surface area contributed by atoms with Gasteiger partial charge in [-0.25, -0.2) is 9.59 Å². The number of alkyl carbamates (subject to hydrolysis) is 2. The van der Waals surface area contributed by atoms with Crippen LogP contribution in [-0.4, -0.2) is 85.0 Å². The van der Waals surface area contributed by atoms with Crippen molar-refractivity contribution in [2.24, 2.45) is 11.5 Å². The lowest BCUT2D eigenvalue weighted by Gasteiger charge is -2.38. The molecule has 348 valence electrons. The van der Waals surface area contributed by atoms with Crippen molar-refractivity contribution in [2.75, 3.05) is 32.2 Å². The number of para-hydroxylation sites is 1. The van der Waals surface area contributed by atoms with Crippen molar-refractivity contribution < 1.29 is 38.2 Å². The fourth-order valence-corrected chi connectivity index (χ4v) is 9.60. The minimum atomic E-state index is -1.44. The zero-order valence-electron chi connectivity index (χ0n) is 37.8. The molecule has 0 aliphatic carbocycles. The van der Waals surface area contributed by atoms with Gasteiger partial charge in [0.05, 0.1) is 14.2 Å². The molecule has 0 radical (unpaired) electrons. The summed E-state index contributed by atoms with van der Waals surface area (Å²) in [5.41, 5.74) is 15.1. The molecule has 67 heavy (non-hydrogen) atoms. The first-order valence-electron chi connectivity index (χ1n) is 22.4. The van der Waals surface area contributed by atoms with Gasteiger partial charge in [-0.3, -0.25) is 19.2 Å². The van der Waals surface area contributed by atoms with Crippen LogP contribution in [0.5, 0.6) is 0 Å².